The fourth-order valence-corrected chi connectivity index (χ4v) is 3.28. The molecule has 1 atom stereocenters. The molecule has 9 heteroatoms. The number of carbonyl (C=O) groups is 4. The van der Waals surface area contributed by atoms with Crippen LogP contribution in [0, 0.1) is 0 Å². The second-order valence-corrected chi connectivity index (χ2v) is 7.33. The van der Waals surface area contributed by atoms with Crippen molar-refractivity contribution in [2.45, 2.75) is 25.3 Å². The predicted octanol–water partition coefficient (Wildman–Crippen LogP) is 1.88. The number of esters is 1. The van der Waals surface area contributed by atoms with Crippen molar-refractivity contribution < 1.29 is 23.9 Å². The Morgan fingerprint density at radius 1 is 1.33 bits per heavy atom. The molecule has 0 aromatic heterocycles. The van der Waals surface area contributed by atoms with Crippen molar-refractivity contribution in [3.8, 4) is 0 Å². The van der Waals surface area contributed by atoms with Crippen LogP contribution in [0.2, 0.25) is 5.02 Å². The highest BCUT2D eigenvalue weighted by Gasteiger charge is 2.29. The van der Waals surface area contributed by atoms with Gasteiger partial charge in [0.2, 0.25) is 5.91 Å². The highest BCUT2D eigenvalue weighted by molar-refractivity contribution is 7.98. The molecule has 1 fully saturated rings. The largest absolute Gasteiger partial charge is 0.454 e. The molecule has 146 valence electrons. The van der Waals surface area contributed by atoms with E-state index >= 15 is 0 Å². The zero-order valence-corrected chi connectivity index (χ0v) is 16.5. The Morgan fingerprint density at radius 2 is 2.07 bits per heavy atom. The van der Waals surface area contributed by atoms with Crippen LogP contribution in [0.3, 0.4) is 0 Å². The van der Waals surface area contributed by atoms with Gasteiger partial charge >= 0.3 is 5.97 Å². The standard InChI is InChI=1S/C18H21ClN2O5S/c1-27-10-8-14(20-17(24)12-5-2-3-6-13(12)19)18(25)26-11-16(23)21-9-4-7-15(21)22/h2-3,5-6,14H,4,7-11H2,1H3,(H,20,24). The summed E-state index contributed by atoms with van der Waals surface area (Å²) in [6, 6.07) is 5.59. The fourth-order valence-electron chi connectivity index (χ4n) is 2.59. The van der Waals surface area contributed by atoms with Crippen LogP contribution in [0.1, 0.15) is 29.6 Å². The average molecular weight is 413 g/mol. The summed E-state index contributed by atoms with van der Waals surface area (Å²) in [7, 11) is 0. The Hall–Kier alpha value is -2.06. The first-order chi connectivity index (χ1) is 12.9. The van der Waals surface area contributed by atoms with Gasteiger partial charge in [0.25, 0.3) is 11.8 Å². The third-order valence-corrected chi connectivity index (χ3v) is 5.00. The third-order valence-electron chi connectivity index (χ3n) is 4.03. The number of nitrogens with one attached hydrogen (secondary N) is 1. The lowest BCUT2D eigenvalue weighted by molar-refractivity contribution is -0.156. The molecule has 0 saturated carbocycles. The van der Waals surface area contributed by atoms with Crippen molar-refractivity contribution in [2.24, 2.45) is 0 Å². The van der Waals surface area contributed by atoms with E-state index in [1.165, 1.54) is 11.8 Å². The molecule has 1 aromatic carbocycles. The van der Waals surface area contributed by atoms with Crippen LogP contribution in [0.4, 0.5) is 0 Å². The zero-order valence-electron chi connectivity index (χ0n) is 14.9. The van der Waals surface area contributed by atoms with E-state index in [0.29, 0.717) is 31.6 Å². The molecule has 1 N–H and O–H groups in total. The average Bonchev–Trinajstić information content (AvgIpc) is 3.09. The minimum absolute atomic E-state index is 0.250. The number of likely N-dealkylation sites (tertiary alicyclic amines) is 1. The maximum atomic E-state index is 12.4. The molecule has 1 aliphatic heterocycles. The first-order valence-corrected chi connectivity index (χ1v) is 10.3. The Kier molecular flexibility index (Phi) is 8.12. The highest BCUT2D eigenvalue weighted by atomic mass is 35.5. The summed E-state index contributed by atoms with van der Waals surface area (Å²) in [5, 5.41) is 2.88. The molecule has 0 radical (unpaired) electrons. The first kappa shape index (κ1) is 21.2. The minimum Gasteiger partial charge on any atom is -0.454 e. The Labute approximate surface area is 166 Å². The number of amides is 3. The molecule has 0 spiro atoms. The molecule has 0 bridgehead atoms. The predicted molar refractivity (Wildman–Crippen MR) is 103 cm³/mol. The fraction of sp³-hybridized carbons (Fsp3) is 0.444. The molecule has 3 amide bonds. The number of imide groups is 1. The number of nitrogens with zero attached hydrogens (tertiary/aromatic N) is 1. The van der Waals surface area contributed by atoms with Gasteiger partial charge in [0.1, 0.15) is 6.04 Å². The lowest BCUT2D eigenvalue weighted by Gasteiger charge is -2.19. The van der Waals surface area contributed by atoms with Gasteiger partial charge in [-0.1, -0.05) is 23.7 Å². The molecular weight excluding hydrogens is 392 g/mol. The summed E-state index contributed by atoms with van der Waals surface area (Å²) in [5.74, 6) is -1.41. The van der Waals surface area contributed by atoms with Crippen LogP contribution in [-0.4, -0.2) is 59.8 Å². The van der Waals surface area contributed by atoms with Gasteiger partial charge in [-0.3, -0.25) is 19.3 Å². The number of hydrogen-bond donors (Lipinski definition) is 1. The van der Waals surface area contributed by atoms with Gasteiger partial charge in [-0.05, 0) is 37.0 Å². The van der Waals surface area contributed by atoms with E-state index in [-0.39, 0.29) is 16.5 Å². The Bertz CT molecular complexity index is 727. The molecule has 27 heavy (non-hydrogen) atoms. The summed E-state index contributed by atoms with van der Waals surface area (Å²) in [5.41, 5.74) is 0.250. The van der Waals surface area contributed by atoms with Gasteiger partial charge in [-0.25, -0.2) is 4.79 Å². The minimum atomic E-state index is -0.914. The number of benzene rings is 1. The first-order valence-electron chi connectivity index (χ1n) is 8.48. The van der Waals surface area contributed by atoms with Crippen LogP contribution in [0.15, 0.2) is 24.3 Å². The number of ether oxygens (including phenoxy) is 1. The van der Waals surface area contributed by atoms with E-state index in [9.17, 15) is 19.2 Å². The molecule has 7 nitrogen and oxygen atoms in total. The molecular formula is C18H21ClN2O5S. The topological polar surface area (TPSA) is 92.8 Å². The van der Waals surface area contributed by atoms with E-state index in [1.54, 1.807) is 24.3 Å². The van der Waals surface area contributed by atoms with Crippen molar-refractivity contribution in [3.05, 3.63) is 34.9 Å². The second kappa shape index (κ2) is 10.3. The normalized spacial score (nSPS) is 14.7. The molecule has 1 unspecified atom stereocenters. The number of thioether (sulfide) groups is 1. The molecule has 1 aliphatic rings. The van der Waals surface area contributed by atoms with Crippen LogP contribution in [0.5, 0.6) is 0 Å². The van der Waals surface area contributed by atoms with E-state index < -0.39 is 30.4 Å². The quantitative estimate of drug-likeness (QED) is 0.655. The number of halogens is 1. The summed E-state index contributed by atoms with van der Waals surface area (Å²) in [6.07, 6.45) is 3.15. The van der Waals surface area contributed by atoms with Crippen molar-refractivity contribution >= 4 is 47.1 Å². The summed E-state index contributed by atoms with van der Waals surface area (Å²) >= 11 is 7.53. The van der Waals surface area contributed by atoms with E-state index in [1.807, 2.05) is 6.26 Å². The highest BCUT2D eigenvalue weighted by Crippen LogP contribution is 2.15. The van der Waals surface area contributed by atoms with Crippen molar-refractivity contribution in [2.75, 3.05) is 25.2 Å². The van der Waals surface area contributed by atoms with Crippen molar-refractivity contribution in [3.63, 3.8) is 0 Å². The van der Waals surface area contributed by atoms with E-state index in [0.717, 1.165) is 4.90 Å². The second-order valence-electron chi connectivity index (χ2n) is 5.94. The third kappa shape index (κ3) is 5.97. The number of hydrogen-bond acceptors (Lipinski definition) is 6. The Morgan fingerprint density at radius 3 is 2.70 bits per heavy atom. The van der Waals surface area contributed by atoms with Crippen LogP contribution in [0.25, 0.3) is 0 Å². The SMILES string of the molecule is CSCCC(NC(=O)c1ccccc1Cl)C(=O)OCC(=O)N1CCCC1=O. The van der Waals surface area contributed by atoms with Gasteiger partial charge in [-0.2, -0.15) is 11.8 Å². The van der Waals surface area contributed by atoms with Gasteiger partial charge in [0.05, 0.1) is 10.6 Å². The number of carbonyl (C=O) groups excluding carboxylic acids is 4. The molecule has 1 heterocycles. The van der Waals surface area contributed by atoms with Crippen LogP contribution in [-0.2, 0) is 19.1 Å². The van der Waals surface area contributed by atoms with Crippen LogP contribution < -0.4 is 5.32 Å². The van der Waals surface area contributed by atoms with E-state index in [4.69, 9.17) is 16.3 Å². The number of rotatable bonds is 8. The molecule has 2 rings (SSSR count). The monoisotopic (exact) mass is 412 g/mol. The van der Waals surface area contributed by atoms with Crippen molar-refractivity contribution in [1.82, 2.24) is 10.2 Å². The van der Waals surface area contributed by atoms with Gasteiger partial charge in [0, 0.05) is 13.0 Å². The Balaban J connectivity index is 1.96. The van der Waals surface area contributed by atoms with Gasteiger partial charge in [-0.15, -0.1) is 0 Å². The lowest BCUT2D eigenvalue weighted by Crippen LogP contribution is -2.44. The molecule has 1 saturated heterocycles. The van der Waals surface area contributed by atoms with E-state index in [2.05, 4.69) is 5.32 Å². The lowest BCUT2D eigenvalue weighted by atomic mass is 10.1. The molecule has 1 aromatic rings. The van der Waals surface area contributed by atoms with Crippen LogP contribution >= 0.6 is 23.4 Å². The smallest absolute Gasteiger partial charge is 0.329 e. The molecule has 0 aliphatic carbocycles. The summed E-state index contributed by atoms with van der Waals surface area (Å²) in [4.78, 5) is 49.4. The van der Waals surface area contributed by atoms with Gasteiger partial charge in [0.15, 0.2) is 6.61 Å². The summed E-state index contributed by atoms with van der Waals surface area (Å²) in [6.45, 7) is -0.184. The van der Waals surface area contributed by atoms with Gasteiger partial charge < -0.3 is 10.1 Å². The zero-order chi connectivity index (χ0) is 19.8. The maximum Gasteiger partial charge on any atom is 0.329 e. The van der Waals surface area contributed by atoms with Crippen molar-refractivity contribution in [1.29, 1.82) is 0 Å². The maximum absolute atomic E-state index is 12.4. The summed E-state index contributed by atoms with van der Waals surface area (Å²) < 4.78 is 5.05.